The van der Waals surface area contributed by atoms with Crippen LogP contribution in [0.2, 0.25) is 0 Å². The first kappa shape index (κ1) is 15.6. The number of hydrogen-bond acceptors (Lipinski definition) is 3. The molecular weight excluding hydrogens is 285 g/mol. The molecule has 2 atom stereocenters. The first-order chi connectivity index (χ1) is 9.86. The van der Waals surface area contributed by atoms with Crippen LogP contribution in [0.4, 0.5) is 18.9 Å². The maximum absolute atomic E-state index is 13.1. The van der Waals surface area contributed by atoms with Gasteiger partial charge in [-0.3, -0.25) is 4.79 Å². The number of anilines is 1. The minimum absolute atomic E-state index is 0.0223. The van der Waals surface area contributed by atoms with Crippen LogP contribution in [0.5, 0.6) is 0 Å². The molecule has 4 nitrogen and oxygen atoms in total. The summed E-state index contributed by atoms with van der Waals surface area (Å²) >= 11 is 0. The summed E-state index contributed by atoms with van der Waals surface area (Å²) in [6.07, 6.45) is -0.114. The molecule has 0 saturated carbocycles. The van der Waals surface area contributed by atoms with Crippen molar-refractivity contribution in [3.05, 3.63) is 29.6 Å². The van der Waals surface area contributed by atoms with Crippen molar-refractivity contribution in [2.24, 2.45) is 0 Å². The number of nitrogens with one attached hydrogen (secondary N) is 1. The molecule has 1 aliphatic rings. The van der Waals surface area contributed by atoms with Gasteiger partial charge in [0, 0.05) is 30.9 Å². The van der Waals surface area contributed by atoms with Gasteiger partial charge in [-0.1, -0.05) is 0 Å². The average molecular weight is 302 g/mol. The van der Waals surface area contributed by atoms with Crippen molar-refractivity contribution in [3.63, 3.8) is 0 Å². The van der Waals surface area contributed by atoms with E-state index in [1.54, 1.807) is 4.90 Å². The largest absolute Gasteiger partial charge is 0.376 e. The van der Waals surface area contributed by atoms with Crippen LogP contribution in [-0.4, -0.2) is 42.6 Å². The predicted octanol–water partition coefficient (Wildman–Crippen LogP) is 2.15. The highest BCUT2D eigenvalue weighted by molar-refractivity contribution is 5.81. The smallest absolute Gasteiger partial charge is 0.242 e. The molecule has 116 valence electrons. The highest BCUT2D eigenvalue weighted by atomic mass is 19.2. The fourth-order valence-electron chi connectivity index (χ4n) is 2.33. The molecule has 0 radical (unpaired) electrons. The van der Waals surface area contributed by atoms with Crippen LogP contribution in [0.25, 0.3) is 0 Å². The number of halogens is 3. The molecule has 2 rings (SSSR count). The molecule has 0 spiro atoms. The standard InChI is InChI=1S/C14H17F3N2O2/c1-8-6-19(7-9(2)21-8)13(20)5-18-10-3-11(15)14(17)12(16)4-10/h3-4,8-9,18H,5-7H2,1-2H3/t8-,9-/m1/s1. The van der Waals surface area contributed by atoms with Gasteiger partial charge in [-0.15, -0.1) is 0 Å². The van der Waals surface area contributed by atoms with E-state index in [9.17, 15) is 18.0 Å². The molecule has 0 aromatic heterocycles. The quantitative estimate of drug-likeness (QED) is 0.870. The van der Waals surface area contributed by atoms with Crippen LogP contribution in [-0.2, 0) is 9.53 Å². The molecule has 0 bridgehead atoms. The number of carbonyl (C=O) groups is 1. The van der Waals surface area contributed by atoms with Gasteiger partial charge in [-0.25, -0.2) is 13.2 Å². The Morgan fingerprint density at radius 2 is 1.76 bits per heavy atom. The summed E-state index contributed by atoms with van der Waals surface area (Å²) in [5.74, 6) is -4.32. The number of rotatable bonds is 3. The van der Waals surface area contributed by atoms with Crippen LogP contribution < -0.4 is 5.32 Å². The van der Waals surface area contributed by atoms with Crippen molar-refractivity contribution in [2.45, 2.75) is 26.1 Å². The molecule has 1 aliphatic heterocycles. The lowest BCUT2D eigenvalue weighted by atomic mass is 10.2. The van der Waals surface area contributed by atoms with Gasteiger partial charge in [-0.05, 0) is 13.8 Å². The molecule has 7 heteroatoms. The van der Waals surface area contributed by atoms with E-state index in [1.807, 2.05) is 13.8 Å². The number of carbonyl (C=O) groups excluding carboxylic acids is 1. The second-order valence-electron chi connectivity index (χ2n) is 5.16. The Hall–Kier alpha value is -1.76. The van der Waals surface area contributed by atoms with Gasteiger partial charge < -0.3 is 15.0 Å². The van der Waals surface area contributed by atoms with Crippen molar-refractivity contribution in [2.75, 3.05) is 25.0 Å². The minimum Gasteiger partial charge on any atom is -0.376 e. The molecule has 0 aliphatic carbocycles. The van der Waals surface area contributed by atoms with Gasteiger partial charge in [0.15, 0.2) is 17.5 Å². The molecule has 0 unspecified atom stereocenters. The molecule has 1 N–H and O–H groups in total. The third-order valence-corrected chi connectivity index (χ3v) is 3.20. The average Bonchev–Trinajstić information content (AvgIpc) is 2.40. The summed E-state index contributed by atoms with van der Waals surface area (Å²) < 4.78 is 44.4. The predicted molar refractivity (Wildman–Crippen MR) is 71.4 cm³/mol. The normalized spacial score (nSPS) is 22.2. The van der Waals surface area contributed by atoms with Gasteiger partial charge in [0.1, 0.15) is 0 Å². The van der Waals surface area contributed by atoms with Crippen LogP contribution >= 0.6 is 0 Å². The maximum Gasteiger partial charge on any atom is 0.242 e. The van der Waals surface area contributed by atoms with Crippen molar-refractivity contribution in [1.82, 2.24) is 4.90 Å². The zero-order valence-electron chi connectivity index (χ0n) is 11.8. The summed E-state index contributed by atoms with van der Waals surface area (Å²) in [5.41, 5.74) is 0.0223. The summed E-state index contributed by atoms with van der Waals surface area (Å²) in [4.78, 5) is 13.7. The van der Waals surface area contributed by atoms with Gasteiger partial charge in [0.05, 0.1) is 18.8 Å². The number of morpholine rings is 1. The second-order valence-corrected chi connectivity index (χ2v) is 5.16. The van der Waals surface area contributed by atoms with Crippen LogP contribution in [0.3, 0.4) is 0 Å². The summed E-state index contributed by atoms with van der Waals surface area (Å²) in [7, 11) is 0. The Balaban J connectivity index is 1.95. The van der Waals surface area contributed by atoms with E-state index in [0.29, 0.717) is 13.1 Å². The number of benzene rings is 1. The summed E-state index contributed by atoms with van der Waals surface area (Å²) in [5, 5.41) is 2.60. The van der Waals surface area contributed by atoms with Gasteiger partial charge in [-0.2, -0.15) is 0 Å². The molecule has 1 fully saturated rings. The van der Waals surface area contributed by atoms with E-state index in [1.165, 1.54) is 0 Å². The fraction of sp³-hybridized carbons (Fsp3) is 0.500. The lowest BCUT2D eigenvalue weighted by Gasteiger charge is -2.35. The second kappa shape index (κ2) is 6.34. The Bertz CT molecular complexity index is 506. The monoisotopic (exact) mass is 302 g/mol. The van der Waals surface area contributed by atoms with Crippen molar-refractivity contribution in [1.29, 1.82) is 0 Å². The van der Waals surface area contributed by atoms with E-state index in [0.717, 1.165) is 12.1 Å². The summed E-state index contributed by atoms with van der Waals surface area (Å²) in [6.45, 7) is 4.56. The van der Waals surface area contributed by atoms with E-state index in [-0.39, 0.29) is 30.3 Å². The van der Waals surface area contributed by atoms with E-state index in [2.05, 4.69) is 5.32 Å². The van der Waals surface area contributed by atoms with E-state index in [4.69, 9.17) is 4.74 Å². The highest BCUT2D eigenvalue weighted by Gasteiger charge is 2.25. The lowest BCUT2D eigenvalue weighted by Crippen LogP contribution is -2.49. The number of amides is 1. The van der Waals surface area contributed by atoms with E-state index >= 15 is 0 Å². The summed E-state index contributed by atoms with van der Waals surface area (Å²) in [6, 6.07) is 1.63. The zero-order chi connectivity index (χ0) is 15.6. The van der Waals surface area contributed by atoms with Crippen LogP contribution in [0.1, 0.15) is 13.8 Å². The molecule has 1 heterocycles. The third-order valence-electron chi connectivity index (χ3n) is 3.20. The Kier molecular flexibility index (Phi) is 4.72. The van der Waals surface area contributed by atoms with Crippen molar-refractivity contribution >= 4 is 11.6 Å². The molecule has 1 aromatic rings. The molecule has 1 amide bonds. The fourth-order valence-corrected chi connectivity index (χ4v) is 2.33. The Morgan fingerprint density at radius 3 is 2.29 bits per heavy atom. The lowest BCUT2D eigenvalue weighted by molar-refractivity contribution is -0.141. The first-order valence-electron chi connectivity index (χ1n) is 6.68. The number of ether oxygens (including phenoxy) is 1. The number of hydrogen-bond donors (Lipinski definition) is 1. The number of nitrogens with zero attached hydrogens (tertiary/aromatic N) is 1. The van der Waals surface area contributed by atoms with Gasteiger partial charge in [0.2, 0.25) is 5.91 Å². The molecular formula is C14H17F3N2O2. The van der Waals surface area contributed by atoms with Gasteiger partial charge >= 0.3 is 0 Å². The third kappa shape index (κ3) is 3.87. The van der Waals surface area contributed by atoms with Crippen LogP contribution in [0.15, 0.2) is 12.1 Å². The highest BCUT2D eigenvalue weighted by Crippen LogP contribution is 2.17. The first-order valence-corrected chi connectivity index (χ1v) is 6.68. The van der Waals surface area contributed by atoms with Crippen molar-refractivity contribution in [3.8, 4) is 0 Å². The molecule has 1 saturated heterocycles. The molecule has 1 aromatic carbocycles. The van der Waals surface area contributed by atoms with E-state index < -0.39 is 17.5 Å². The van der Waals surface area contributed by atoms with Crippen LogP contribution in [0, 0.1) is 17.5 Å². The van der Waals surface area contributed by atoms with Crippen molar-refractivity contribution < 1.29 is 22.7 Å². The maximum atomic E-state index is 13.1. The Morgan fingerprint density at radius 1 is 1.24 bits per heavy atom. The molecule has 21 heavy (non-hydrogen) atoms. The zero-order valence-corrected chi connectivity index (χ0v) is 11.8. The Labute approximate surface area is 120 Å². The topological polar surface area (TPSA) is 41.6 Å². The minimum atomic E-state index is -1.53. The SMILES string of the molecule is C[C@@H]1CN(C(=O)CNc2cc(F)c(F)c(F)c2)C[C@@H](C)O1. The van der Waals surface area contributed by atoms with Gasteiger partial charge in [0.25, 0.3) is 0 Å².